The van der Waals surface area contributed by atoms with Gasteiger partial charge in [0.2, 0.25) is 5.95 Å². The van der Waals surface area contributed by atoms with E-state index in [0.717, 1.165) is 56.4 Å². The lowest BCUT2D eigenvalue weighted by Crippen LogP contribution is -2.31. The average molecular weight is 376 g/mol. The molecule has 28 heavy (non-hydrogen) atoms. The fraction of sp³-hybridized carbons (Fsp3) is 0.333. The first-order valence-corrected chi connectivity index (χ1v) is 9.59. The van der Waals surface area contributed by atoms with Gasteiger partial charge in [0, 0.05) is 62.4 Å². The van der Waals surface area contributed by atoms with E-state index >= 15 is 0 Å². The molecule has 1 aliphatic rings. The quantitative estimate of drug-likeness (QED) is 0.752. The predicted molar refractivity (Wildman–Crippen MR) is 109 cm³/mol. The molecule has 0 amide bonds. The maximum atomic E-state index is 11.7. The normalized spacial score (nSPS) is 15.4. The summed E-state index contributed by atoms with van der Waals surface area (Å²) < 4.78 is 0. The molecule has 3 aromatic rings. The zero-order valence-electron chi connectivity index (χ0n) is 16.0. The topological polar surface area (TPSA) is 78.0 Å². The van der Waals surface area contributed by atoms with Crippen molar-refractivity contribution in [1.29, 1.82) is 0 Å². The fourth-order valence-electron chi connectivity index (χ4n) is 3.53. The molecule has 144 valence electrons. The number of nitrogens with one attached hydrogen (secondary N) is 1. The molecule has 0 aliphatic carbocycles. The van der Waals surface area contributed by atoms with Gasteiger partial charge in [0.1, 0.15) is 5.82 Å². The minimum atomic E-state index is -0.122. The molecule has 0 unspecified atom stereocenters. The summed E-state index contributed by atoms with van der Waals surface area (Å²) in [5.41, 5.74) is 2.78. The van der Waals surface area contributed by atoms with Crippen molar-refractivity contribution < 1.29 is 0 Å². The van der Waals surface area contributed by atoms with Crippen LogP contribution in [0.3, 0.4) is 0 Å². The number of nitrogens with zero attached hydrogens (tertiary/aromatic N) is 5. The first-order chi connectivity index (χ1) is 13.7. The first-order valence-electron chi connectivity index (χ1n) is 9.59. The average Bonchev–Trinajstić information content (AvgIpc) is 2.94. The Morgan fingerprint density at radius 2 is 1.82 bits per heavy atom. The van der Waals surface area contributed by atoms with E-state index in [1.54, 1.807) is 12.4 Å². The zero-order chi connectivity index (χ0) is 19.3. The van der Waals surface area contributed by atoms with Gasteiger partial charge >= 0.3 is 0 Å². The van der Waals surface area contributed by atoms with E-state index in [0.29, 0.717) is 5.82 Å². The van der Waals surface area contributed by atoms with Crippen LogP contribution >= 0.6 is 0 Å². The van der Waals surface area contributed by atoms with E-state index in [-0.39, 0.29) is 5.56 Å². The van der Waals surface area contributed by atoms with Crippen LogP contribution in [0.4, 0.5) is 5.95 Å². The van der Waals surface area contributed by atoms with Crippen molar-refractivity contribution in [3.05, 3.63) is 70.4 Å². The predicted octanol–water partition coefficient (Wildman–Crippen LogP) is 2.25. The zero-order valence-corrected chi connectivity index (χ0v) is 16.0. The van der Waals surface area contributed by atoms with Crippen LogP contribution in [0.2, 0.25) is 0 Å². The van der Waals surface area contributed by atoms with E-state index in [9.17, 15) is 4.79 Å². The monoisotopic (exact) mass is 376 g/mol. The Balaban J connectivity index is 1.40. The Bertz CT molecular complexity index is 970. The highest BCUT2D eigenvalue weighted by Crippen LogP contribution is 2.17. The fourth-order valence-corrected chi connectivity index (χ4v) is 3.53. The SMILES string of the molecule is Cc1cc(=O)[nH]c(-c2ccc(CN3CCCN(c4ncccn4)CC3)cc2)n1. The van der Waals surface area contributed by atoms with Crippen LogP contribution < -0.4 is 10.5 Å². The van der Waals surface area contributed by atoms with Gasteiger partial charge in [-0.3, -0.25) is 9.69 Å². The minimum absolute atomic E-state index is 0.122. The second-order valence-electron chi connectivity index (χ2n) is 7.10. The summed E-state index contributed by atoms with van der Waals surface area (Å²) in [6.45, 7) is 6.67. The number of rotatable bonds is 4. The maximum Gasteiger partial charge on any atom is 0.251 e. The van der Waals surface area contributed by atoms with Gasteiger partial charge in [0.15, 0.2) is 0 Å². The highest BCUT2D eigenvalue weighted by Gasteiger charge is 2.16. The Morgan fingerprint density at radius 1 is 1.04 bits per heavy atom. The van der Waals surface area contributed by atoms with Gasteiger partial charge in [0.25, 0.3) is 5.56 Å². The van der Waals surface area contributed by atoms with Gasteiger partial charge in [-0.15, -0.1) is 0 Å². The summed E-state index contributed by atoms with van der Waals surface area (Å²) in [4.78, 5) is 32.3. The molecule has 0 spiro atoms. The summed E-state index contributed by atoms with van der Waals surface area (Å²) in [5.74, 6) is 1.43. The van der Waals surface area contributed by atoms with Gasteiger partial charge in [-0.25, -0.2) is 15.0 Å². The summed E-state index contributed by atoms with van der Waals surface area (Å²) in [5, 5.41) is 0. The molecule has 3 heterocycles. The van der Waals surface area contributed by atoms with Crippen LogP contribution in [0, 0.1) is 6.92 Å². The smallest absolute Gasteiger partial charge is 0.251 e. The van der Waals surface area contributed by atoms with Gasteiger partial charge in [-0.1, -0.05) is 24.3 Å². The summed E-state index contributed by atoms with van der Waals surface area (Å²) in [6.07, 6.45) is 4.68. The molecule has 0 bridgehead atoms. The van der Waals surface area contributed by atoms with Crippen molar-refractivity contribution in [3.63, 3.8) is 0 Å². The van der Waals surface area contributed by atoms with Crippen LogP contribution in [-0.4, -0.2) is 51.0 Å². The van der Waals surface area contributed by atoms with Gasteiger partial charge in [-0.05, 0) is 25.0 Å². The molecule has 1 aromatic carbocycles. The Morgan fingerprint density at radius 3 is 2.57 bits per heavy atom. The molecular formula is C21H24N6O. The second-order valence-corrected chi connectivity index (χ2v) is 7.10. The molecule has 7 heteroatoms. The minimum Gasteiger partial charge on any atom is -0.339 e. The number of benzene rings is 1. The Kier molecular flexibility index (Phi) is 5.43. The maximum absolute atomic E-state index is 11.7. The number of hydrogen-bond acceptors (Lipinski definition) is 6. The lowest BCUT2D eigenvalue weighted by atomic mass is 10.1. The lowest BCUT2D eigenvalue weighted by Gasteiger charge is -2.22. The molecule has 1 N–H and O–H groups in total. The van der Waals surface area contributed by atoms with E-state index in [1.165, 1.54) is 11.6 Å². The van der Waals surface area contributed by atoms with Crippen LogP contribution in [-0.2, 0) is 6.54 Å². The van der Waals surface area contributed by atoms with E-state index in [1.807, 2.05) is 25.1 Å². The molecule has 0 atom stereocenters. The van der Waals surface area contributed by atoms with E-state index < -0.39 is 0 Å². The van der Waals surface area contributed by atoms with Crippen LogP contribution in [0.5, 0.6) is 0 Å². The third-order valence-electron chi connectivity index (χ3n) is 4.93. The summed E-state index contributed by atoms with van der Waals surface area (Å²) in [6, 6.07) is 11.6. The van der Waals surface area contributed by atoms with Crippen molar-refractivity contribution in [2.75, 3.05) is 31.1 Å². The number of aryl methyl sites for hydroxylation is 1. The number of anilines is 1. The Hall–Kier alpha value is -3.06. The standard InChI is InChI=1S/C21H24N6O/c1-16-14-19(28)25-20(24-16)18-6-4-17(5-7-18)15-26-10-3-11-27(13-12-26)21-22-8-2-9-23-21/h2,4-9,14H,3,10-13,15H2,1H3,(H,24,25,28). The second kappa shape index (κ2) is 8.31. The third kappa shape index (κ3) is 4.43. The third-order valence-corrected chi connectivity index (χ3v) is 4.93. The van der Waals surface area contributed by atoms with Crippen molar-refractivity contribution in [2.45, 2.75) is 19.9 Å². The highest BCUT2D eigenvalue weighted by molar-refractivity contribution is 5.55. The first kappa shape index (κ1) is 18.3. The molecule has 1 saturated heterocycles. The molecule has 0 saturated carbocycles. The largest absolute Gasteiger partial charge is 0.339 e. The molecule has 0 radical (unpaired) electrons. The molecular weight excluding hydrogens is 352 g/mol. The van der Waals surface area contributed by atoms with Crippen LogP contribution in [0.1, 0.15) is 17.7 Å². The lowest BCUT2D eigenvalue weighted by molar-refractivity contribution is 0.285. The molecule has 4 rings (SSSR count). The van der Waals surface area contributed by atoms with Crippen LogP contribution in [0.25, 0.3) is 11.4 Å². The molecule has 7 nitrogen and oxygen atoms in total. The summed E-state index contributed by atoms with van der Waals surface area (Å²) in [7, 11) is 0. The molecule has 1 aliphatic heterocycles. The van der Waals surface area contributed by atoms with E-state index in [4.69, 9.17) is 0 Å². The van der Waals surface area contributed by atoms with Crippen LogP contribution in [0.15, 0.2) is 53.6 Å². The van der Waals surface area contributed by atoms with E-state index in [2.05, 4.69) is 41.9 Å². The van der Waals surface area contributed by atoms with Gasteiger partial charge < -0.3 is 9.88 Å². The van der Waals surface area contributed by atoms with Crippen molar-refractivity contribution in [2.24, 2.45) is 0 Å². The molecule has 2 aromatic heterocycles. The highest BCUT2D eigenvalue weighted by atomic mass is 16.1. The summed E-state index contributed by atoms with van der Waals surface area (Å²) >= 11 is 0. The van der Waals surface area contributed by atoms with Crippen molar-refractivity contribution >= 4 is 5.95 Å². The number of hydrogen-bond donors (Lipinski definition) is 1. The Labute approximate surface area is 164 Å². The van der Waals surface area contributed by atoms with Gasteiger partial charge in [0.05, 0.1) is 0 Å². The van der Waals surface area contributed by atoms with Crippen molar-refractivity contribution in [3.8, 4) is 11.4 Å². The van der Waals surface area contributed by atoms with Gasteiger partial charge in [-0.2, -0.15) is 0 Å². The number of aromatic amines is 1. The number of aromatic nitrogens is 4. The number of H-pyrrole nitrogens is 1. The van der Waals surface area contributed by atoms with Crippen molar-refractivity contribution in [1.82, 2.24) is 24.8 Å². The molecule has 1 fully saturated rings.